The van der Waals surface area contributed by atoms with Crippen LogP contribution < -0.4 is 0 Å². The molecule has 2 nitrogen and oxygen atoms in total. The molecule has 0 unspecified atom stereocenters. The fourth-order valence-electron chi connectivity index (χ4n) is 8.78. The summed E-state index contributed by atoms with van der Waals surface area (Å²) in [4.78, 5) is 0. The van der Waals surface area contributed by atoms with Crippen molar-refractivity contribution in [3.05, 3.63) is 157 Å². The molecule has 0 N–H and O–H groups in total. The van der Waals surface area contributed by atoms with Crippen LogP contribution in [0.3, 0.4) is 0 Å². The maximum atomic E-state index is 6.64. The van der Waals surface area contributed by atoms with E-state index in [0.717, 1.165) is 54.8 Å². The first-order valence-electron chi connectivity index (χ1n) is 17.0. The van der Waals surface area contributed by atoms with Crippen LogP contribution in [0.4, 0.5) is 0 Å². The first-order chi connectivity index (χ1) is 24.0. The molecule has 0 saturated heterocycles. The summed E-state index contributed by atoms with van der Waals surface area (Å²) >= 11 is 0. The lowest BCUT2D eigenvalue weighted by Gasteiger charge is -2.24. The number of hydrogen-bond donors (Lipinski definition) is 0. The minimum absolute atomic E-state index is 0.220. The topological polar surface area (TPSA) is 26.3 Å². The average Bonchev–Trinajstić information content (AvgIpc) is 3.79. The summed E-state index contributed by atoms with van der Waals surface area (Å²) in [7, 11) is 0. The molecule has 0 atom stereocenters. The zero-order chi connectivity index (χ0) is 32.4. The van der Waals surface area contributed by atoms with E-state index >= 15 is 0 Å². The van der Waals surface area contributed by atoms with Gasteiger partial charge >= 0.3 is 0 Å². The molecule has 0 spiro atoms. The molecule has 0 saturated carbocycles. The Morgan fingerprint density at radius 3 is 2.00 bits per heavy atom. The molecule has 0 aliphatic heterocycles. The first kappa shape index (κ1) is 26.9. The van der Waals surface area contributed by atoms with E-state index in [9.17, 15) is 0 Å². The Kier molecular flexibility index (Phi) is 5.21. The minimum Gasteiger partial charge on any atom is -0.456 e. The molecule has 230 valence electrons. The first-order valence-corrected chi connectivity index (χ1v) is 17.0. The monoisotopic (exact) mass is 626 g/mol. The van der Waals surface area contributed by atoms with Crippen molar-refractivity contribution in [3.8, 4) is 33.4 Å². The van der Waals surface area contributed by atoms with E-state index in [1.165, 1.54) is 55.1 Å². The van der Waals surface area contributed by atoms with Gasteiger partial charge in [0.2, 0.25) is 0 Å². The summed E-state index contributed by atoms with van der Waals surface area (Å²) in [5.74, 6) is 0. The number of hydrogen-bond acceptors (Lipinski definition) is 2. The highest BCUT2D eigenvalue weighted by Gasteiger charge is 2.39. The van der Waals surface area contributed by atoms with Crippen molar-refractivity contribution < 1.29 is 8.83 Å². The molecule has 2 heterocycles. The molecule has 2 aromatic heterocycles. The largest absolute Gasteiger partial charge is 0.456 e. The van der Waals surface area contributed by atoms with E-state index in [0.29, 0.717) is 0 Å². The Morgan fingerprint density at radius 1 is 0.429 bits per heavy atom. The second kappa shape index (κ2) is 9.49. The van der Waals surface area contributed by atoms with Crippen LogP contribution in [0.25, 0.3) is 98.8 Å². The Labute approximate surface area is 282 Å². The SMILES string of the molecule is CC1(C)c2cc(-c3cccc4oc5c6ccccc6ccc5c34)cc(-c3ccc4c(c3)oc3ccccc34)c2-c2ccc3ccccc3c21. The number of para-hydroxylation sites is 1. The number of fused-ring (bicyclic) bond motifs is 13. The summed E-state index contributed by atoms with van der Waals surface area (Å²) in [5.41, 5.74) is 13.5. The molecule has 10 aromatic rings. The van der Waals surface area contributed by atoms with Gasteiger partial charge in [0.25, 0.3) is 0 Å². The van der Waals surface area contributed by atoms with Crippen LogP contribution in [0, 0.1) is 0 Å². The molecule has 2 heteroatoms. The van der Waals surface area contributed by atoms with Gasteiger partial charge in [0.05, 0.1) is 0 Å². The zero-order valence-corrected chi connectivity index (χ0v) is 27.2. The predicted molar refractivity (Wildman–Crippen MR) is 204 cm³/mol. The van der Waals surface area contributed by atoms with E-state index in [4.69, 9.17) is 8.83 Å². The molecule has 0 bridgehead atoms. The fourth-order valence-corrected chi connectivity index (χ4v) is 8.78. The van der Waals surface area contributed by atoms with Crippen LogP contribution in [-0.4, -0.2) is 0 Å². The van der Waals surface area contributed by atoms with Crippen molar-refractivity contribution in [1.29, 1.82) is 0 Å². The van der Waals surface area contributed by atoms with Gasteiger partial charge in [-0.1, -0.05) is 117 Å². The van der Waals surface area contributed by atoms with Gasteiger partial charge in [0.15, 0.2) is 0 Å². The Bertz CT molecular complexity index is 3020. The molecule has 11 rings (SSSR count). The number of furan rings is 2. The quantitative estimate of drug-likeness (QED) is 0.191. The van der Waals surface area contributed by atoms with Gasteiger partial charge in [0.1, 0.15) is 22.3 Å². The molecular formula is C47H30O2. The average molecular weight is 627 g/mol. The summed E-state index contributed by atoms with van der Waals surface area (Å²) in [6.45, 7) is 4.78. The fraction of sp³-hybridized carbons (Fsp3) is 0.0638. The lowest BCUT2D eigenvalue weighted by molar-refractivity contribution is 0.666. The van der Waals surface area contributed by atoms with Gasteiger partial charge in [-0.25, -0.2) is 0 Å². The molecule has 1 aliphatic rings. The van der Waals surface area contributed by atoms with Crippen LogP contribution in [0.1, 0.15) is 25.0 Å². The van der Waals surface area contributed by atoms with E-state index in [2.05, 4.69) is 153 Å². The smallest absolute Gasteiger partial charge is 0.143 e. The number of benzene rings is 8. The van der Waals surface area contributed by atoms with Gasteiger partial charge in [-0.3, -0.25) is 0 Å². The molecular weight excluding hydrogens is 597 g/mol. The Morgan fingerprint density at radius 2 is 1.12 bits per heavy atom. The van der Waals surface area contributed by atoms with Crippen LogP contribution in [0.15, 0.2) is 154 Å². The lowest BCUT2D eigenvalue weighted by atomic mass is 9.79. The molecule has 0 fully saturated rings. The van der Waals surface area contributed by atoms with Crippen molar-refractivity contribution in [2.24, 2.45) is 0 Å². The van der Waals surface area contributed by atoms with Gasteiger partial charge < -0.3 is 8.83 Å². The van der Waals surface area contributed by atoms with Crippen LogP contribution in [0.5, 0.6) is 0 Å². The second-order valence-electron chi connectivity index (χ2n) is 14.0. The van der Waals surface area contributed by atoms with Gasteiger partial charge in [0, 0.05) is 32.3 Å². The second-order valence-corrected chi connectivity index (χ2v) is 14.0. The number of rotatable bonds is 2. The van der Waals surface area contributed by atoms with Gasteiger partial charge in [-0.15, -0.1) is 0 Å². The molecule has 8 aromatic carbocycles. The third-order valence-electron chi connectivity index (χ3n) is 11.0. The van der Waals surface area contributed by atoms with Crippen LogP contribution in [0.2, 0.25) is 0 Å². The highest BCUT2D eigenvalue weighted by atomic mass is 16.3. The van der Waals surface area contributed by atoms with Crippen molar-refractivity contribution in [2.45, 2.75) is 19.3 Å². The minimum atomic E-state index is -0.220. The molecule has 0 radical (unpaired) electrons. The highest BCUT2D eigenvalue weighted by molar-refractivity contribution is 6.19. The van der Waals surface area contributed by atoms with E-state index < -0.39 is 0 Å². The summed E-state index contributed by atoms with van der Waals surface area (Å²) < 4.78 is 13.1. The van der Waals surface area contributed by atoms with Crippen LogP contribution >= 0.6 is 0 Å². The van der Waals surface area contributed by atoms with Gasteiger partial charge in [-0.05, 0) is 103 Å². The predicted octanol–water partition coefficient (Wildman–Crippen LogP) is 13.4. The Hall–Kier alpha value is -6.12. The summed E-state index contributed by atoms with van der Waals surface area (Å²) in [6.07, 6.45) is 0. The Balaban J connectivity index is 1.24. The zero-order valence-electron chi connectivity index (χ0n) is 27.2. The molecule has 49 heavy (non-hydrogen) atoms. The van der Waals surface area contributed by atoms with E-state index in [1.807, 2.05) is 6.07 Å². The third-order valence-corrected chi connectivity index (χ3v) is 11.0. The summed E-state index contributed by atoms with van der Waals surface area (Å²) in [6, 6.07) is 52.7. The van der Waals surface area contributed by atoms with E-state index in [-0.39, 0.29) is 5.41 Å². The van der Waals surface area contributed by atoms with Gasteiger partial charge in [-0.2, -0.15) is 0 Å². The standard InChI is InChI=1S/C47H30O2/c1-47(2)39-25-30(31-15-9-17-41-44(31)37-23-19-28-11-4-6-13-33(28)46(37)49-41)24-38(43(39)36-22-18-27-10-3-5-12-32(27)45(36)47)29-20-21-35-34-14-7-8-16-40(34)48-42(35)26-29/h3-26H,1-2H3. The van der Waals surface area contributed by atoms with Crippen molar-refractivity contribution in [1.82, 2.24) is 0 Å². The molecule has 0 amide bonds. The third kappa shape index (κ3) is 3.61. The highest BCUT2D eigenvalue weighted by Crippen LogP contribution is 2.56. The normalized spacial score (nSPS) is 13.7. The molecule has 1 aliphatic carbocycles. The van der Waals surface area contributed by atoms with E-state index in [1.54, 1.807) is 0 Å². The van der Waals surface area contributed by atoms with Crippen molar-refractivity contribution in [3.63, 3.8) is 0 Å². The van der Waals surface area contributed by atoms with Crippen molar-refractivity contribution >= 4 is 65.4 Å². The lowest BCUT2D eigenvalue weighted by Crippen LogP contribution is -2.15. The maximum absolute atomic E-state index is 6.64. The maximum Gasteiger partial charge on any atom is 0.143 e. The van der Waals surface area contributed by atoms with Crippen molar-refractivity contribution in [2.75, 3.05) is 0 Å². The van der Waals surface area contributed by atoms with Crippen LogP contribution in [-0.2, 0) is 5.41 Å². The summed E-state index contributed by atoms with van der Waals surface area (Å²) in [5, 5.41) is 9.49.